The molecule has 1 atom stereocenters. The van der Waals surface area contributed by atoms with E-state index in [2.05, 4.69) is 44.3 Å². The van der Waals surface area contributed by atoms with Crippen LogP contribution in [0.2, 0.25) is 0 Å². The molecule has 0 radical (unpaired) electrons. The van der Waals surface area contributed by atoms with Crippen LogP contribution in [0.5, 0.6) is 0 Å². The average molecular weight is 343 g/mol. The first kappa shape index (κ1) is 17.0. The summed E-state index contributed by atoms with van der Waals surface area (Å²) in [5.41, 5.74) is 3.24. The zero-order valence-electron chi connectivity index (χ0n) is 14.8. The van der Waals surface area contributed by atoms with Gasteiger partial charge in [0.15, 0.2) is 0 Å². The van der Waals surface area contributed by atoms with E-state index in [1.807, 2.05) is 28.4 Å². The Morgan fingerprint density at radius 1 is 1.08 bits per heavy atom. The summed E-state index contributed by atoms with van der Waals surface area (Å²) in [7, 11) is 0. The molecule has 2 amide bonds. The van der Waals surface area contributed by atoms with Crippen LogP contribution in [0.15, 0.2) is 30.3 Å². The van der Waals surface area contributed by atoms with Crippen LogP contribution in [0.3, 0.4) is 0 Å². The normalized spacial score (nSPS) is 18.3. The van der Waals surface area contributed by atoms with E-state index in [0.29, 0.717) is 0 Å². The molecule has 2 aromatic rings. The predicted molar refractivity (Wildman–Crippen MR) is 102 cm³/mol. The number of carbonyl (C=O) groups excluding carboxylic acids is 1. The van der Waals surface area contributed by atoms with E-state index in [1.165, 1.54) is 33.7 Å². The van der Waals surface area contributed by atoms with Crippen molar-refractivity contribution >= 4 is 23.1 Å². The zero-order valence-corrected chi connectivity index (χ0v) is 15.6. The second-order valence-electron chi connectivity index (χ2n) is 6.81. The number of anilines is 1. The molecular weight excluding hydrogens is 316 g/mol. The number of likely N-dealkylation sites (tertiary alicyclic amines) is 1. The first-order valence-electron chi connectivity index (χ1n) is 8.75. The number of hydrogen-bond donors (Lipinski definition) is 1. The molecule has 24 heavy (non-hydrogen) atoms. The lowest BCUT2D eigenvalue weighted by Crippen LogP contribution is -2.37. The number of rotatable bonds is 2. The summed E-state index contributed by atoms with van der Waals surface area (Å²) in [6.07, 6.45) is 4.53. The van der Waals surface area contributed by atoms with Gasteiger partial charge in [-0.05, 0) is 69.0 Å². The number of thiophene rings is 1. The SMILES string of the molecule is Cc1cc(C)cc(NC(=O)N2CCCCC[C@H]2c2ccc(C)s2)c1. The number of benzene rings is 1. The predicted octanol–water partition coefficient (Wildman–Crippen LogP) is 5.82. The molecule has 1 aliphatic rings. The second kappa shape index (κ2) is 7.39. The van der Waals surface area contributed by atoms with Crippen LogP contribution < -0.4 is 5.32 Å². The summed E-state index contributed by atoms with van der Waals surface area (Å²) in [5, 5.41) is 3.12. The first-order chi connectivity index (χ1) is 11.5. The lowest BCUT2D eigenvalue weighted by atomic mass is 10.1. The Bertz CT molecular complexity index is 702. The lowest BCUT2D eigenvalue weighted by molar-refractivity contribution is 0.190. The average Bonchev–Trinajstić information content (AvgIpc) is 2.80. The highest BCUT2D eigenvalue weighted by atomic mass is 32.1. The van der Waals surface area contributed by atoms with Gasteiger partial charge >= 0.3 is 6.03 Å². The van der Waals surface area contributed by atoms with Gasteiger partial charge in [0.05, 0.1) is 6.04 Å². The maximum atomic E-state index is 13.0. The molecule has 1 N–H and O–H groups in total. The fourth-order valence-corrected chi connectivity index (χ4v) is 4.55. The van der Waals surface area contributed by atoms with Crippen molar-refractivity contribution in [2.45, 2.75) is 52.5 Å². The third kappa shape index (κ3) is 3.99. The fraction of sp³-hybridized carbons (Fsp3) is 0.450. The number of nitrogens with zero attached hydrogens (tertiary/aromatic N) is 1. The van der Waals surface area contributed by atoms with Gasteiger partial charge < -0.3 is 10.2 Å². The van der Waals surface area contributed by atoms with Crippen molar-refractivity contribution in [3.05, 3.63) is 51.2 Å². The molecule has 3 nitrogen and oxygen atoms in total. The third-order valence-corrected chi connectivity index (χ3v) is 5.68. The molecule has 1 saturated heterocycles. The maximum absolute atomic E-state index is 13.0. The van der Waals surface area contributed by atoms with E-state index in [4.69, 9.17) is 0 Å². The number of aryl methyl sites for hydroxylation is 3. The van der Waals surface area contributed by atoms with Gasteiger partial charge in [-0.1, -0.05) is 18.9 Å². The second-order valence-corrected chi connectivity index (χ2v) is 8.13. The Hall–Kier alpha value is -1.81. The van der Waals surface area contributed by atoms with Gasteiger partial charge in [0.1, 0.15) is 0 Å². The van der Waals surface area contributed by atoms with Crippen molar-refractivity contribution in [3.8, 4) is 0 Å². The summed E-state index contributed by atoms with van der Waals surface area (Å²) in [4.78, 5) is 17.6. The number of carbonyl (C=O) groups is 1. The number of urea groups is 1. The minimum absolute atomic E-state index is 0.0259. The number of hydrogen-bond acceptors (Lipinski definition) is 2. The standard InChI is InChI=1S/C20H26N2OS/c1-14-11-15(2)13-17(12-14)21-20(23)22-10-6-4-5-7-18(22)19-9-8-16(3)24-19/h8-9,11-13,18H,4-7,10H2,1-3H3,(H,21,23)/t18-/m0/s1. The summed E-state index contributed by atoms with van der Waals surface area (Å²) in [6.45, 7) is 7.08. The largest absolute Gasteiger partial charge is 0.322 e. The van der Waals surface area contributed by atoms with E-state index in [9.17, 15) is 4.79 Å². The summed E-state index contributed by atoms with van der Waals surface area (Å²) < 4.78 is 0. The lowest BCUT2D eigenvalue weighted by Gasteiger charge is -2.29. The van der Waals surface area contributed by atoms with Crippen LogP contribution in [0.25, 0.3) is 0 Å². The van der Waals surface area contributed by atoms with E-state index in [1.54, 1.807) is 0 Å². The molecule has 0 spiro atoms. The first-order valence-corrected chi connectivity index (χ1v) is 9.57. The minimum Gasteiger partial charge on any atom is -0.317 e. The summed E-state index contributed by atoms with van der Waals surface area (Å²) in [6, 6.07) is 10.8. The summed E-state index contributed by atoms with van der Waals surface area (Å²) in [5.74, 6) is 0. The molecule has 1 aromatic heterocycles. The molecule has 128 valence electrons. The van der Waals surface area contributed by atoms with Crippen molar-refractivity contribution in [1.82, 2.24) is 4.90 Å². The van der Waals surface area contributed by atoms with Crippen LogP contribution in [0.4, 0.5) is 10.5 Å². The Kier molecular flexibility index (Phi) is 5.24. The molecule has 1 aliphatic heterocycles. The van der Waals surface area contributed by atoms with E-state index in [0.717, 1.165) is 25.1 Å². The topological polar surface area (TPSA) is 32.3 Å². The van der Waals surface area contributed by atoms with Crippen molar-refractivity contribution in [3.63, 3.8) is 0 Å². The minimum atomic E-state index is 0.0259. The molecule has 3 rings (SSSR count). The highest BCUT2D eigenvalue weighted by Gasteiger charge is 2.27. The quantitative estimate of drug-likeness (QED) is 0.732. The monoisotopic (exact) mass is 342 g/mol. The third-order valence-electron chi connectivity index (χ3n) is 4.58. The summed E-state index contributed by atoms with van der Waals surface area (Å²) >= 11 is 1.81. The molecule has 0 aliphatic carbocycles. The maximum Gasteiger partial charge on any atom is 0.322 e. The zero-order chi connectivity index (χ0) is 17.1. The van der Waals surface area contributed by atoms with Gasteiger partial charge in [0, 0.05) is 22.0 Å². The molecule has 0 unspecified atom stereocenters. The highest BCUT2D eigenvalue weighted by molar-refractivity contribution is 7.12. The van der Waals surface area contributed by atoms with Gasteiger partial charge in [-0.25, -0.2) is 4.79 Å². The van der Waals surface area contributed by atoms with E-state index in [-0.39, 0.29) is 12.1 Å². The molecule has 0 bridgehead atoms. The van der Waals surface area contributed by atoms with Crippen molar-refractivity contribution < 1.29 is 4.79 Å². The fourth-order valence-electron chi connectivity index (χ4n) is 3.52. The van der Waals surface area contributed by atoms with E-state index < -0.39 is 0 Å². The Morgan fingerprint density at radius 2 is 1.83 bits per heavy atom. The smallest absolute Gasteiger partial charge is 0.317 e. The number of amides is 2. The van der Waals surface area contributed by atoms with Gasteiger partial charge in [-0.2, -0.15) is 0 Å². The van der Waals surface area contributed by atoms with Crippen LogP contribution in [0, 0.1) is 20.8 Å². The van der Waals surface area contributed by atoms with Gasteiger partial charge in [0.2, 0.25) is 0 Å². The number of nitrogens with one attached hydrogen (secondary N) is 1. The van der Waals surface area contributed by atoms with Crippen molar-refractivity contribution in [2.75, 3.05) is 11.9 Å². The van der Waals surface area contributed by atoms with Crippen LogP contribution >= 0.6 is 11.3 Å². The molecule has 4 heteroatoms. The van der Waals surface area contributed by atoms with E-state index >= 15 is 0 Å². The highest BCUT2D eigenvalue weighted by Crippen LogP contribution is 2.34. The van der Waals surface area contributed by atoms with Crippen LogP contribution in [-0.2, 0) is 0 Å². The Morgan fingerprint density at radius 3 is 2.50 bits per heavy atom. The molecule has 0 saturated carbocycles. The molecule has 1 fully saturated rings. The van der Waals surface area contributed by atoms with Crippen LogP contribution in [-0.4, -0.2) is 17.5 Å². The van der Waals surface area contributed by atoms with Crippen LogP contribution in [0.1, 0.15) is 52.6 Å². The Balaban J connectivity index is 1.81. The van der Waals surface area contributed by atoms with Gasteiger partial charge in [0.25, 0.3) is 0 Å². The molecule has 1 aromatic carbocycles. The molecular formula is C20H26N2OS. The van der Waals surface area contributed by atoms with Gasteiger partial charge in [-0.3, -0.25) is 0 Å². The Labute approximate surface area is 148 Å². The van der Waals surface area contributed by atoms with Gasteiger partial charge in [-0.15, -0.1) is 11.3 Å². The molecule has 2 heterocycles. The van der Waals surface area contributed by atoms with Crippen molar-refractivity contribution in [2.24, 2.45) is 0 Å². The van der Waals surface area contributed by atoms with Crippen molar-refractivity contribution in [1.29, 1.82) is 0 Å².